The van der Waals surface area contributed by atoms with E-state index >= 15 is 0 Å². The molecule has 0 aliphatic carbocycles. The molecular weight excluding hydrogens is 264 g/mol. The van der Waals surface area contributed by atoms with Crippen molar-refractivity contribution in [2.75, 3.05) is 13.0 Å². The lowest BCUT2D eigenvalue weighted by Gasteiger charge is -2.12. The van der Waals surface area contributed by atoms with E-state index in [9.17, 15) is 18.3 Å². The fourth-order valence-corrected chi connectivity index (χ4v) is 2.53. The maximum Gasteiger partial charge on any atom is 0.337 e. The third-order valence-corrected chi connectivity index (χ3v) is 3.59. The van der Waals surface area contributed by atoms with Gasteiger partial charge < -0.3 is 19.7 Å². The van der Waals surface area contributed by atoms with Crippen molar-refractivity contribution in [3.63, 3.8) is 0 Å². The maximum absolute atomic E-state index is 11.6. The SMILES string of the molecule is CS(=O)(=O)c1cc2c(cc1C(O)C(=O)O)OCO2. The van der Waals surface area contributed by atoms with Crippen LogP contribution in [0.25, 0.3) is 0 Å². The smallest absolute Gasteiger partial charge is 0.337 e. The van der Waals surface area contributed by atoms with E-state index in [-0.39, 0.29) is 28.8 Å². The Morgan fingerprint density at radius 1 is 1.33 bits per heavy atom. The Morgan fingerprint density at radius 2 is 1.89 bits per heavy atom. The molecular formula is C10H10O7S. The molecule has 1 atom stereocenters. The topological polar surface area (TPSA) is 110 Å². The lowest BCUT2D eigenvalue weighted by atomic mass is 10.1. The van der Waals surface area contributed by atoms with E-state index in [0.717, 1.165) is 18.4 Å². The van der Waals surface area contributed by atoms with Crippen molar-refractivity contribution in [2.45, 2.75) is 11.0 Å². The zero-order valence-electron chi connectivity index (χ0n) is 9.28. The van der Waals surface area contributed by atoms with Crippen molar-refractivity contribution < 1.29 is 32.9 Å². The van der Waals surface area contributed by atoms with Crippen molar-refractivity contribution in [3.05, 3.63) is 17.7 Å². The molecule has 0 saturated heterocycles. The van der Waals surface area contributed by atoms with Gasteiger partial charge in [-0.3, -0.25) is 0 Å². The molecule has 1 aliphatic rings. The standard InChI is InChI=1S/C10H10O7S/c1-18(14,15)8-3-7-6(16-4-17-7)2-5(8)9(11)10(12)13/h2-3,9,11H,4H2,1H3,(H,12,13). The molecule has 1 heterocycles. The molecule has 0 amide bonds. The number of hydrogen-bond acceptors (Lipinski definition) is 6. The molecule has 8 heteroatoms. The fraction of sp³-hybridized carbons (Fsp3) is 0.300. The zero-order chi connectivity index (χ0) is 13.5. The maximum atomic E-state index is 11.6. The number of aliphatic hydroxyl groups is 1. The minimum Gasteiger partial charge on any atom is -0.479 e. The summed E-state index contributed by atoms with van der Waals surface area (Å²) >= 11 is 0. The molecule has 7 nitrogen and oxygen atoms in total. The normalized spacial score (nSPS) is 15.4. The van der Waals surface area contributed by atoms with Crippen LogP contribution < -0.4 is 9.47 Å². The second kappa shape index (κ2) is 4.14. The van der Waals surface area contributed by atoms with Gasteiger partial charge in [-0.1, -0.05) is 0 Å². The molecule has 0 bridgehead atoms. The molecule has 2 rings (SSSR count). The van der Waals surface area contributed by atoms with E-state index in [1.165, 1.54) is 0 Å². The molecule has 0 spiro atoms. The van der Waals surface area contributed by atoms with Gasteiger partial charge in [0.1, 0.15) is 0 Å². The number of carbonyl (C=O) groups is 1. The fourth-order valence-electron chi connectivity index (χ4n) is 1.61. The van der Waals surface area contributed by atoms with Crippen LogP contribution in [0.5, 0.6) is 11.5 Å². The number of aliphatic hydroxyl groups excluding tert-OH is 1. The van der Waals surface area contributed by atoms with E-state index < -0.39 is 21.9 Å². The third kappa shape index (κ3) is 2.12. The highest BCUT2D eigenvalue weighted by Crippen LogP contribution is 2.38. The van der Waals surface area contributed by atoms with Crippen LogP contribution in [0.1, 0.15) is 11.7 Å². The number of fused-ring (bicyclic) bond motifs is 1. The third-order valence-electron chi connectivity index (χ3n) is 2.43. The number of benzene rings is 1. The van der Waals surface area contributed by atoms with Gasteiger partial charge in [0.25, 0.3) is 0 Å². The molecule has 0 aromatic heterocycles. The van der Waals surface area contributed by atoms with Crippen molar-refractivity contribution in [1.29, 1.82) is 0 Å². The van der Waals surface area contributed by atoms with Gasteiger partial charge in [-0.15, -0.1) is 0 Å². The minimum atomic E-state index is -3.69. The summed E-state index contributed by atoms with van der Waals surface area (Å²) in [5.41, 5.74) is -0.241. The van der Waals surface area contributed by atoms with Crippen molar-refractivity contribution >= 4 is 15.8 Å². The number of hydrogen-bond donors (Lipinski definition) is 2. The zero-order valence-corrected chi connectivity index (χ0v) is 10.1. The van der Waals surface area contributed by atoms with Crippen molar-refractivity contribution in [2.24, 2.45) is 0 Å². The van der Waals surface area contributed by atoms with Crippen LogP contribution in [0, 0.1) is 0 Å². The lowest BCUT2D eigenvalue weighted by Crippen LogP contribution is -2.14. The Balaban J connectivity index is 2.67. The lowest BCUT2D eigenvalue weighted by molar-refractivity contribution is -0.147. The molecule has 1 aromatic carbocycles. The first kappa shape index (κ1) is 12.7. The number of carboxylic acid groups (broad SMARTS) is 1. The van der Waals surface area contributed by atoms with Gasteiger partial charge in [0.15, 0.2) is 27.4 Å². The Morgan fingerprint density at radius 3 is 2.39 bits per heavy atom. The summed E-state index contributed by atoms with van der Waals surface area (Å²) in [6.45, 7) is -0.0782. The number of rotatable bonds is 3. The van der Waals surface area contributed by atoms with Gasteiger partial charge >= 0.3 is 5.97 Å². The van der Waals surface area contributed by atoms with Crippen LogP contribution in [0.4, 0.5) is 0 Å². The van der Waals surface area contributed by atoms with Gasteiger partial charge in [-0.25, -0.2) is 13.2 Å². The predicted octanol–water partition coefficient (Wildman–Crippen LogP) is -0.0632. The van der Waals surface area contributed by atoms with E-state index in [1.54, 1.807) is 0 Å². The van der Waals surface area contributed by atoms with Crippen LogP contribution in [0.15, 0.2) is 17.0 Å². The molecule has 1 aromatic rings. The van der Waals surface area contributed by atoms with Crippen LogP contribution in [-0.4, -0.2) is 37.6 Å². The summed E-state index contributed by atoms with van der Waals surface area (Å²) in [5.74, 6) is -1.13. The summed E-state index contributed by atoms with van der Waals surface area (Å²) in [5, 5.41) is 18.3. The Labute approximate surface area is 102 Å². The van der Waals surface area contributed by atoms with Crippen molar-refractivity contribution in [3.8, 4) is 11.5 Å². The van der Waals surface area contributed by atoms with Crippen LogP contribution >= 0.6 is 0 Å². The number of sulfone groups is 1. The summed E-state index contributed by atoms with van der Waals surface area (Å²) in [4.78, 5) is 10.5. The number of ether oxygens (including phenoxy) is 2. The Hall–Kier alpha value is -1.80. The molecule has 0 radical (unpaired) electrons. The highest BCUT2D eigenvalue weighted by atomic mass is 32.2. The largest absolute Gasteiger partial charge is 0.479 e. The van der Waals surface area contributed by atoms with Gasteiger partial charge in [0.05, 0.1) is 4.90 Å². The predicted molar refractivity (Wildman–Crippen MR) is 58.3 cm³/mol. The highest BCUT2D eigenvalue weighted by Gasteiger charge is 2.28. The minimum absolute atomic E-state index is 0.0782. The second-order valence-electron chi connectivity index (χ2n) is 3.76. The van der Waals surface area contributed by atoms with Crippen LogP contribution in [0.2, 0.25) is 0 Å². The Bertz CT molecular complexity index is 605. The number of aliphatic carboxylic acids is 1. The average molecular weight is 274 g/mol. The Kier molecular flexibility index (Phi) is 2.91. The van der Waals surface area contributed by atoms with Crippen molar-refractivity contribution in [1.82, 2.24) is 0 Å². The molecule has 1 unspecified atom stereocenters. The number of carboxylic acids is 1. The van der Waals surface area contributed by atoms with E-state index in [2.05, 4.69) is 0 Å². The molecule has 18 heavy (non-hydrogen) atoms. The van der Waals surface area contributed by atoms with Gasteiger partial charge in [0.2, 0.25) is 6.79 Å². The van der Waals surface area contributed by atoms with Gasteiger partial charge in [0, 0.05) is 17.9 Å². The summed E-state index contributed by atoms with van der Waals surface area (Å²) in [6.07, 6.45) is -1.02. The summed E-state index contributed by atoms with van der Waals surface area (Å²) < 4.78 is 33.2. The molecule has 0 saturated carbocycles. The van der Waals surface area contributed by atoms with Crippen LogP contribution in [0.3, 0.4) is 0 Å². The van der Waals surface area contributed by atoms with E-state index in [4.69, 9.17) is 14.6 Å². The van der Waals surface area contributed by atoms with E-state index in [1.807, 2.05) is 0 Å². The average Bonchev–Trinajstić information content (AvgIpc) is 2.71. The summed E-state index contributed by atoms with van der Waals surface area (Å²) in [7, 11) is -3.69. The van der Waals surface area contributed by atoms with E-state index in [0.29, 0.717) is 0 Å². The van der Waals surface area contributed by atoms with Gasteiger partial charge in [-0.2, -0.15) is 0 Å². The first-order chi connectivity index (χ1) is 8.30. The summed E-state index contributed by atoms with van der Waals surface area (Å²) in [6, 6.07) is 2.32. The first-order valence-electron chi connectivity index (χ1n) is 4.85. The molecule has 1 aliphatic heterocycles. The molecule has 2 N–H and O–H groups in total. The monoisotopic (exact) mass is 274 g/mol. The molecule has 98 valence electrons. The van der Waals surface area contributed by atoms with Crippen LogP contribution in [-0.2, 0) is 14.6 Å². The van der Waals surface area contributed by atoms with Gasteiger partial charge in [-0.05, 0) is 6.07 Å². The highest BCUT2D eigenvalue weighted by molar-refractivity contribution is 7.90. The molecule has 0 fully saturated rings. The first-order valence-corrected chi connectivity index (χ1v) is 6.74. The second-order valence-corrected chi connectivity index (χ2v) is 5.74. The quantitative estimate of drug-likeness (QED) is 0.794.